The normalized spacial score (nSPS) is 16.4. The quantitative estimate of drug-likeness (QED) is 0.801. The van der Waals surface area contributed by atoms with Gasteiger partial charge in [0.15, 0.2) is 0 Å². The van der Waals surface area contributed by atoms with Crippen LogP contribution < -0.4 is 4.90 Å². The lowest BCUT2D eigenvalue weighted by Gasteiger charge is -2.29. The smallest absolute Gasteiger partial charge is 0.0864 e. The Bertz CT molecular complexity index is 538. The standard InChI is InChI=1S/C13H13BrN2S/c14-11-3-1-2-10-12(4-5-15-13(10)11)16-6-8-17-9-7-16/h1-5H,6-9H2. The molecule has 0 saturated carbocycles. The van der Waals surface area contributed by atoms with Gasteiger partial charge in [0.05, 0.1) is 5.52 Å². The van der Waals surface area contributed by atoms with E-state index in [0.29, 0.717) is 0 Å². The van der Waals surface area contributed by atoms with Crippen molar-refractivity contribution in [3.8, 4) is 0 Å². The van der Waals surface area contributed by atoms with E-state index in [1.807, 2.05) is 24.0 Å². The van der Waals surface area contributed by atoms with Gasteiger partial charge in [-0.25, -0.2) is 0 Å². The van der Waals surface area contributed by atoms with Crippen LogP contribution in [0.4, 0.5) is 5.69 Å². The Morgan fingerprint density at radius 1 is 1.18 bits per heavy atom. The van der Waals surface area contributed by atoms with Crippen molar-refractivity contribution in [3.05, 3.63) is 34.9 Å². The monoisotopic (exact) mass is 308 g/mol. The molecule has 0 aliphatic carbocycles. The van der Waals surface area contributed by atoms with Crippen molar-refractivity contribution in [2.75, 3.05) is 29.5 Å². The molecule has 88 valence electrons. The first-order chi connectivity index (χ1) is 8.36. The number of pyridine rings is 1. The fourth-order valence-corrected chi connectivity index (χ4v) is 3.58. The lowest BCUT2D eigenvalue weighted by Crippen LogP contribution is -2.32. The van der Waals surface area contributed by atoms with E-state index in [1.165, 1.54) is 22.6 Å². The van der Waals surface area contributed by atoms with Crippen molar-refractivity contribution >= 4 is 44.3 Å². The van der Waals surface area contributed by atoms with E-state index >= 15 is 0 Å². The van der Waals surface area contributed by atoms with Crippen molar-refractivity contribution in [3.63, 3.8) is 0 Å². The Hall–Kier alpha value is -0.740. The molecule has 1 aromatic heterocycles. The summed E-state index contributed by atoms with van der Waals surface area (Å²) in [5, 5.41) is 1.24. The molecule has 2 heterocycles. The number of aromatic nitrogens is 1. The Balaban J connectivity index is 2.12. The SMILES string of the molecule is Brc1cccc2c(N3CCSCC3)ccnc12. The number of nitrogens with zero attached hydrogens (tertiary/aromatic N) is 2. The minimum atomic E-state index is 1.06. The molecule has 4 heteroatoms. The second kappa shape index (κ2) is 4.86. The van der Waals surface area contributed by atoms with Crippen molar-refractivity contribution in [2.45, 2.75) is 0 Å². The Labute approximate surface area is 114 Å². The van der Waals surface area contributed by atoms with E-state index < -0.39 is 0 Å². The molecule has 0 N–H and O–H groups in total. The summed E-state index contributed by atoms with van der Waals surface area (Å²) >= 11 is 5.61. The maximum Gasteiger partial charge on any atom is 0.0864 e. The van der Waals surface area contributed by atoms with Gasteiger partial charge in [-0.2, -0.15) is 11.8 Å². The predicted octanol–water partition coefficient (Wildman–Crippen LogP) is 3.55. The summed E-state index contributed by atoms with van der Waals surface area (Å²) in [6, 6.07) is 8.41. The highest BCUT2D eigenvalue weighted by atomic mass is 79.9. The van der Waals surface area contributed by atoms with Crippen molar-refractivity contribution in [2.24, 2.45) is 0 Å². The molecule has 1 aliphatic heterocycles. The van der Waals surface area contributed by atoms with Crippen LogP contribution in [0.2, 0.25) is 0 Å². The molecule has 1 aromatic carbocycles. The van der Waals surface area contributed by atoms with Crippen LogP contribution in [0.25, 0.3) is 10.9 Å². The summed E-state index contributed by atoms with van der Waals surface area (Å²) in [7, 11) is 0. The lowest BCUT2D eigenvalue weighted by atomic mass is 10.1. The molecule has 1 fully saturated rings. The Morgan fingerprint density at radius 2 is 2.00 bits per heavy atom. The van der Waals surface area contributed by atoms with Crippen LogP contribution in [0.5, 0.6) is 0 Å². The minimum Gasteiger partial charge on any atom is -0.369 e. The number of anilines is 1. The summed E-state index contributed by atoms with van der Waals surface area (Å²) in [4.78, 5) is 6.92. The van der Waals surface area contributed by atoms with Crippen LogP contribution in [-0.4, -0.2) is 29.6 Å². The molecular formula is C13H13BrN2S. The minimum absolute atomic E-state index is 1.06. The summed E-state index contributed by atoms with van der Waals surface area (Å²) in [6.45, 7) is 2.27. The Morgan fingerprint density at radius 3 is 2.82 bits per heavy atom. The summed E-state index contributed by atoms with van der Waals surface area (Å²) in [5.41, 5.74) is 2.37. The molecule has 17 heavy (non-hydrogen) atoms. The van der Waals surface area contributed by atoms with Crippen molar-refractivity contribution in [1.82, 2.24) is 4.98 Å². The second-order valence-corrected chi connectivity index (χ2v) is 6.14. The fourth-order valence-electron chi connectivity index (χ4n) is 2.21. The molecular weight excluding hydrogens is 296 g/mol. The number of benzene rings is 1. The maximum atomic E-state index is 4.46. The first kappa shape index (κ1) is 11.4. The van der Waals surface area contributed by atoms with Gasteiger partial charge in [0.1, 0.15) is 0 Å². The summed E-state index contributed by atoms with van der Waals surface area (Å²) < 4.78 is 1.07. The van der Waals surface area contributed by atoms with Crippen LogP contribution >= 0.6 is 27.7 Å². The largest absolute Gasteiger partial charge is 0.369 e. The van der Waals surface area contributed by atoms with E-state index in [0.717, 1.165) is 23.1 Å². The number of hydrogen-bond donors (Lipinski definition) is 0. The van der Waals surface area contributed by atoms with Crippen molar-refractivity contribution < 1.29 is 0 Å². The highest BCUT2D eigenvalue weighted by Crippen LogP contribution is 2.30. The molecule has 2 aromatic rings. The lowest BCUT2D eigenvalue weighted by molar-refractivity contribution is 0.862. The maximum absolute atomic E-state index is 4.46. The number of fused-ring (bicyclic) bond motifs is 1. The zero-order chi connectivity index (χ0) is 11.7. The van der Waals surface area contributed by atoms with Crippen LogP contribution in [0.1, 0.15) is 0 Å². The third-order valence-corrected chi connectivity index (χ3v) is 4.63. The topological polar surface area (TPSA) is 16.1 Å². The third-order valence-electron chi connectivity index (χ3n) is 3.05. The van der Waals surface area contributed by atoms with E-state index in [9.17, 15) is 0 Å². The molecule has 0 radical (unpaired) electrons. The molecule has 3 rings (SSSR count). The van der Waals surface area contributed by atoms with Gasteiger partial charge in [0, 0.05) is 46.3 Å². The summed E-state index contributed by atoms with van der Waals surface area (Å²) in [6.07, 6.45) is 1.91. The number of hydrogen-bond acceptors (Lipinski definition) is 3. The molecule has 0 bridgehead atoms. The van der Waals surface area contributed by atoms with Crippen LogP contribution in [0, 0.1) is 0 Å². The second-order valence-electron chi connectivity index (χ2n) is 4.07. The van der Waals surface area contributed by atoms with Gasteiger partial charge < -0.3 is 4.90 Å². The van der Waals surface area contributed by atoms with Crippen LogP contribution in [0.15, 0.2) is 34.9 Å². The number of thioether (sulfide) groups is 1. The first-order valence-electron chi connectivity index (χ1n) is 5.72. The van der Waals surface area contributed by atoms with Gasteiger partial charge >= 0.3 is 0 Å². The third kappa shape index (κ3) is 2.16. The number of rotatable bonds is 1. The first-order valence-corrected chi connectivity index (χ1v) is 7.67. The molecule has 0 amide bonds. The molecule has 1 saturated heterocycles. The van der Waals surface area contributed by atoms with Gasteiger partial charge in [-0.05, 0) is 28.1 Å². The van der Waals surface area contributed by atoms with E-state index in [-0.39, 0.29) is 0 Å². The average Bonchev–Trinajstić information content (AvgIpc) is 2.40. The van der Waals surface area contributed by atoms with E-state index in [2.05, 4.69) is 44.0 Å². The van der Waals surface area contributed by atoms with Gasteiger partial charge in [0.25, 0.3) is 0 Å². The molecule has 2 nitrogen and oxygen atoms in total. The fraction of sp³-hybridized carbons (Fsp3) is 0.308. The molecule has 0 spiro atoms. The molecule has 0 unspecified atom stereocenters. The van der Waals surface area contributed by atoms with E-state index in [1.54, 1.807) is 0 Å². The summed E-state index contributed by atoms with van der Waals surface area (Å²) in [5.74, 6) is 2.44. The molecule has 0 atom stereocenters. The highest BCUT2D eigenvalue weighted by molar-refractivity contribution is 9.10. The van der Waals surface area contributed by atoms with Crippen molar-refractivity contribution in [1.29, 1.82) is 0 Å². The highest BCUT2D eigenvalue weighted by Gasteiger charge is 2.14. The number of para-hydroxylation sites is 1. The number of halogens is 1. The van der Waals surface area contributed by atoms with Crippen LogP contribution in [0.3, 0.4) is 0 Å². The van der Waals surface area contributed by atoms with Crippen LogP contribution in [-0.2, 0) is 0 Å². The zero-order valence-electron chi connectivity index (χ0n) is 9.40. The van der Waals surface area contributed by atoms with Gasteiger partial charge in [0.2, 0.25) is 0 Å². The Kier molecular flexibility index (Phi) is 3.25. The molecule has 1 aliphatic rings. The zero-order valence-corrected chi connectivity index (χ0v) is 11.8. The predicted molar refractivity (Wildman–Crippen MR) is 79.0 cm³/mol. The van der Waals surface area contributed by atoms with E-state index in [4.69, 9.17) is 0 Å². The van der Waals surface area contributed by atoms with Gasteiger partial charge in [-0.1, -0.05) is 12.1 Å². The van der Waals surface area contributed by atoms with Gasteiger partial charge in [-0.15, -0.1) is 0 Å². The van der Waals surface area contributed by atoms with Gasteiger partial charge in [-0.3, -0.25) is 4.98 Å². The average molecular weight is 309 g/mol.